The quantitative estimate of drug-likeness (QED) is 0.673. The molecule has 1 amide bonds. The number of carbonyl (C=O) groups is 1. The summed E-state index contributed by atoms with van der Waals surface area (Å²) in [4.78, 5) is 11.4. The summed E-state index contributed by atoms with van der Waals surface area (Å²) in [5.74, 6) is 0.643. The number of hydrogen-bond donors (Lipinski definition) is 1. The molecule has 15 heavy (non-hydrogen) atoms. The van der Waals surface area contributed by atoms with Crippen LogP contribution in [0.4, 0.5) is 0 Å². The van der Waals surface area contributed by atoms with Crippen molar-refractivity contribution in [2.45, 2.75) is 52.1 Å². The first kappa shape index (κ1) is 12.5. The van der Waals surface area contributed by atoms with Crippen LogP contribution in [0.25, 0.3) is 0 Å². The highest BCUT2D eigenvalue weighted by Gasteiger charge is 2.20. The second-order valence-corrected chi connectivity index (χ2v) is 5.16. The highest BCUT2D eigenvalue weighted by atomic mass is 16.5. The molecule has 0 aromatic carbocycles. The SMILES string of the molecule is CC1CCCC(C)(C)OCCNC(=O)C1.[HH]. The number of amides is 1. The maximum atomic E-state index is 11.4. The second kappa shape index (κ2) is 5.50. The lowest BCUT2D eigenvalue weighted by molar-refractivity contribution is -0.122. The topological polar surface area (TPSA) is 38.3 Å². The van der Waals surface area contributed by atoms with E-state index in [2.05, 4.69) is 26.1 Å². The van der Waals surface area contributed by atoms with Crippen molar-refractivity contribution in [1.29, 1.82) is 0 Å². The van der Waals surface area contributed by atoms with Gasteiger partial charge in [0.1, 0.15) is 0 Å². The van der Waals surface area contributed by atoms with Crippen LogP contribution in [0, 0.1) is 5.92 Å². The first-order valence-electron chi connectivity index (χ1n) is 5.90. The fourth-order valence-corrected chi connectivity index (χ4v) is 1.96. The van der Waals surface area contributed by atoms with Gasteiger partial charge in [0.2, 0.25) is 5.91 Å². The van der Waals surface area contributed by atoms with Crippen LogP contribution in [0.3, 0.4) is 0 Å². The van der Waals surface area contributed by atoms with Crippen LogP contribution in [0.15, 0.2) is 0 Å². The Kier molecular flexibility index (Phi) is 4.58. The normalized spacial score (nSPS) is 29.0. The van der Waals surface area contributed by atoms with Crippen LogP contribution in [0.2, 0.25) is 0 Å². The summed E-state index contributed by atoms with van der Waals surface area (Å²) < 4.78 is 5.73. The minimum Gasteiger partial charge on any atom is -0.374 e. The molecular formula is C12H25NO2. The predicted octanol–water partition coefficient (Wildman–Crippen LogP) is 2.35. The molecule has 1 aliphatic heterocycles. The zero-order chi connectivity index (χ0) is 11.3. The van der Waals surface area contributed by atoms with Gasteiger partial charge in [-0.15, -0.1) is 0 Å². The van der Waals surface area contributed by atoms with Crippen LogP contribution < -0.4 is 5.32 Å². The molecule has 0 spiro atoms. The van der Waals surface area contributed by atoms with Crippen molar-refractivity contribution >= 4 is 5.91 Å². The molecule has 1 aliphatic rings. The molecule has 1 saturated heterocycles. The minimum absolute atomic E-state index is 0. The van der Waals surface area contributed by atoms with Gasteiger partial charge < -0.3 is 10.1 Å². The van der Waals surface area contributed by atoms with Crippen LogP contribution in [-0.4, -0.2) is 24.7 Å². The molecule has 1 heterocycles. The Morgan fingerprint density at radius 2 is 2.27 bits per heavy atom. The summed E-state index contributed by atoms with van der Waals surface area (Å²) in [5, 5.41) is 2.88. The third kappa shape index (κ3) is 5.17. The van der Waals surface area contributed by atoms with E-state index < -0.39 is 0 Å². The van der Waals surface area contributed by atoms with E-state index in [1.54, 1.807) is 0 Å². The molecule has 0 bridgehead atoms. The molecule has 1 fully saturated rings. The van der Waals surface area contributed by atoms with Crippen molar-refractivity contribution in [3.05, 3.63) is 0 Å². The number of nitrogens with one attached hydrogen (secondary N) is 1. The van der Waals surface area contributed by atoms with Gasteiger partial charge in [0, 0.05) is 14.4 Å². The summed E-state index contributed by atoms with van der Waals surface area (Å²) >= 11 is 0. The Labute approximate surface area is 94.1 Å². The molecule has 0 saturated carbocycles. The molecule has 1 N–H and O–H groups in total. The van der Waals surface area contributed by atoms with Gasteiger partial charge in [-0.05, 0) is 26.2 Å². The Balaban J connectivity index is 0.00000225. The smallest absolute Gasteiger partial charge is 0.220 e. The molecular weight excluding hydrogens is 190 g/mol. The fourth-order valence-electron chi connectivity index (χ4n) is 1.96. The predicted molar refractivity (Wildman–Crippen MR) is 62.8 cm³/mol. The van der Waals surface area contributed by atoms with Crippen LogP contribution in [0.1, 0.15) is 47.9 Å². The molecule has 3 nitrogen and oxygen atoms in total. The number of hydrogen-bond acceptors (Lipinski definition) is 2. The van der Waals surface area contributed by atoms with E-state index in [0.29, 0.717) is 25.5 Å². The molecule has 3 heteroatoms. The van der Waals surface area contributed by atoms with Gasteiger partial charge in [0.15, 0.2) is 0 Å². The second-order valence-electron chi connectivity index (χ2n) is 5.16. The van der Waals surface area contributed by atoms with Gasteiger partial charge in [-0.1, -0.05) is 19.8 Å². The van der Waals surface area contributed by atoms with E-state index in [9.17, 15) is 4.79 Å². The van der Waals surface area contributed by atoms with Gasteiger partial charge >= 0.3 is 0 Å². The monoisotopic (exact) mass is 215 g/mol. The molecule has 1 unspecified atom stereocenters. The fraction of sp³-hybridized carbons (Fsp3) is 0.917. The lowest BCUT2D eigenvalue weighted by Crippen LogP contribution is -2.31. The maximum absolute atomic E-state index is 11.4. The van der Waals surface area contributed by atoms with E-state index >= 15 is 0 Å². The largest absolute Gasteiger partial charge is 0.374 e. The summed E-state index contributed by atoms with van der Waals surface area (Å²) in [6, 6.07) is 0. The number of ether oxygens (including phenoxy) is 1. The van der Waals surface area contributed by atoms with E-state index in [1.807, 2.05) is 0 Å². The lowest BCUT2D eigenvalue weighted by atomic mass is 9.95. The summed E-state index contributed by atoms with van der Waals surface area (Å²) in [5.41, 5.74) is -0.0468. The van der Waals surface area contributed by atoms with Crippen molar-refractivity contribution < 1.29 is 11.0 Å². The molecule has 0 aromatic rings. The van der Waals surface area contributed by atoms with Crippen molar-refractivity contribution in [3.63, 3.8) is 0 Å². The zero-order valence-corrected chi connectivity index (χ0v) is 10.1. The van der Waals surface area contributed by atoms with Gasteiger partial charge in [-0.3, -0.25) is 4.79 Å². The molecule has 0 aliphatic carbocycles. The third-order valence-corrected chi connectivity index (χ3v) is 2.93. The highest BCUT2D eigenvalue weighted by Crippen LogP contribution is 2.21. The van der Waals surface area contributed by atoms with Gasteiger partial charge in [-0.2, -0.15) is 0 Å². The zero-order valence-electron chi connectivity index (χ0n) is 10.1. The lowest BCUT2D eigenvalue weighted by Gasteiger charge is -2.25. The van der Waals surface area contributed by atoms with Crippen LogP contribution in [0.5, 0.6) is 0 Å². The van der Waals surface area contributed by atoms with Crippen LogP contribution >= 0.6 is 0 Å². The molecule has 90 valence electrons. The summed E-state index contributed by atoms with van der Waals surface area (Å²) in [6.07, 6.45) is 3.98. The van der Waals surface area contributed by atoms with Crippen LogP contribution in [-0.2, 0) is 9.53 Å². The van der Waals surface area contributed by atoms with E-state index in [4.69, 9.17) is 4.74 Å². The first-order valence-corrected chi connectivity index (χ1v) is 5.90. The van der Waals surface area contributed by atoms with Gasteiger partial charge in [-0.25, -0.2) is 0 Å². The van der Waals surface area contributed by atoms with E-state index in [-0.39, 0.29) is 12.9 Å². The van der Waals surface area contributed by atoms with Gasteiger partial charge in [0.05, 0.1) is 12.2 Å². The van der Waals surface area contributed by atoms with Crippen molar-refractivity contribution in [2.75, 3.05) is 13.2 Å². The summed E-state index contributed by atoms with van der Waals surface area (Å²) in [6.45, 7) is 7.64. The third-order valence-electron chi connectivity index (χ3n) is 2.93. The number of carbonyl (C=O) groups excluding carboxylic acids is 1. The van der Waals surface area contributed by atoms with Gasteiger partial charge in [0.25, 0.3) is 0 Å². The van der Waals surface area contributed by atoms with E-state index in [1.165, 1.54) is 0 Å². The van der Waals surface area contributed by atoms with E-state index in [0.717, 1.165) is 19.3 Å². The molecule has 0 aromatic heterocycles. The summed E-state index contributed by atoms with van der Waals surface area (Å²) in [7, 11) is 0. The highest BCUT2D eigenvalue weighted by molar-refractivity contribution is 5.76. The van der Waals surface area contributed by atoms with Crippen molar-refractivity contribution in [1.82, 2.24) is 5.32 Å². The van der Waals surface area contributed by atoms with Crippen molar-refractivity contribution in [2.24, 2.45) is 5.92 Å². The number of rotatable bonds is 0. The standard InChI is InChI=1S/C12H23NO2.H2/c1-10-5-4-6-12(2,3)15-8-7-13-11(14)9-10;/h10H,4-9H2,1-3H3,(H,13,14);1H. The first-order chi connectivity index (χ1) is 6.99. The Morgan fingerprint density at radius 3 is 3.00 bits per heavy atom. The molecule has 1 atom stereocenters. The molecule has 1 rings (SSSR count). The average Bonchev–Trinajstić information content (AvgIpc) is 2.13. The maximum Gasteiger partial charge on any atom is 0.220 e. The average molecular weight is 215 g/mol. The van der Waals surface area contributed by atoms with Crippen molar-refractivity contribution in [3.8, 4) is 0 Å². The Hall–Kier alpha value is -0.570. The minimum atomic E-state index is -0.0468. The Morgan fingerprint density at radius 1 is 1.53 bits per heavy atom. The Bertz CT molecular complexity index is 219. The molecule has 0 radical (unpaired) electrons.